The van der Waals surface area contributed by atoms with Gasteiger partial charge in [0.1, 0.15) is 5.78 Å². The lowest BCUT2D eigenvalue weighted by Crippen LogP contribution is -2.10. The summed E-state index contributed by atoms with van der Waals surface area (Å²) in [6, 6.07) is 0. The molecule has 5 heteroatoms. The maximum atomic E-state index is 12.4. The van der Waals surface area contributed by atoms with E-state index in [1.54, 1.807) is 0 Å². The number of rotatable bonds is 18. The molecule has 0 spiro atoms. The quantitative estimate of drug-likeness (QED) is 0.104. The van der Waals surface area contributed by atoms with Crippen LogP contribution in [-0.2, 0) is 23.9 Å². The number of Topliss-reactive ketones (excluding diaryl/α,β-unsaturated/α-hetero) is 1. The zero-order valence-electron chi connectivity index (χ0n) is 34.4. The first kappa shape index (κ1) is 46.8. The van der Waals surface area contributed by atoms with E-state index >= 15 is 0 Å². The topological polar surface area (TPSA) is 69.7 Å². The summed E-state index contributed by atoms with van der Waals surface area (Å²) in [6.45, 7) is 0.966. The predicted molar refractivity (Wildman–Crippen MR) is 219 cm³/mol. The highest BCUT2D eigenvalue weighted by Crippen LogP contribution is 2.26. The van der Waals surface area contributed by atoms with Gasteiger partial charge in [0.15, 0.2) is 0 Å². The second-order valence-electron chi connectivity index (χ2n) is 17.1. The summed E-state index contributed by atoms with van der Waals surface area (Å²) in [6.07, 6.45) is 47.7. The molecule has 0 amide bonds. The average molecular weight is 731 g/mol. The summed E-state index contributed by atoms with van der Waals surface area (Å²) in [5, 5.41) is 0. The molecule has 0 aromatic heterocycles. The van der Waals surface area contributed by atoms with Crippen molar-refractivity contribution < 1.29 is 23.9 Å². The van der Waals surface area contributed by atoms with Crippen LogP contribution in [0.4, 0.5) is 0 Å². The smallest absolute Gasteiger partial charge is 0.305 e. The Balaban J connectivity index is 1.42. The van der Waals surface area contributed by atoms with Crippen LogP contribution in [0.3, 0.4) is 0 Å². The molecule has 0 unspecified atom stereocenters. The van der Waals surface area contributed by atoms with Gasteiger partial charge >= 0.3 is 11.9 Å². The van der Waals surface area contributed by atoms with Crippen LogP contribution in [0.5, 0.6) is 0 Å². The number of carbonyl (C=O) groups is 3. The Morgan fingerprint density at radius 3 is 0.885 bits per heavy atom. The normalized spacial score (nSPS) is 19.7. The van der Waals surface area contributed by atoms with E-state index < -0.39 is 0 Å². The lowest BCUT2D eigenvalue weighted by Gasteiger charge is -2.16. The molecule has 2 aliphatic carbocycles. The Labute approximate surface area is 322 Å². The van der Waals surface area contributed by atoms with Gasteiger partial charge < -0.3 is 9.47 Å². The van der Waals surface area contributed by atoms with Crippen molar-refractivity contribution in [3.63, 3.8) is 0 Å². The van der Waals surface area contributed by atoms with E-state index in [-0.39, 0.29) is 11.9 Å². The molecular weight excluding hydrogens is 645 g/mol. The molecule has 0 atom stereocenters. The van der Waals surface area contributed by atoms with E-state index in [0.29, 0.717) is 56.5 Å². The van der Waals surface area contributed by atoms with Crippen LogP contribution >= 0.6 is 0 Å². The van der Waals surface area contributed by atoms with E-state index in [1.807, 2.05) is 0 Å². The van der Waals surface area contributed by atoms with Crippen LogP contribution in [0.1, 0.15) is 257 Å². The van der Waals surface area contributed by atoms with Gasteiger partial charge in [-0.3, -0.25) is 14.4 Å². The molecule has 2 rings (SSSR count). The van der Waals surface area contributed by atoms with Crippen LogP contribution in [0.25, 0.3) is 0 Å². The predicted octanol–water partition coefficient (Wildman–Crippen LogP) is 14.5. The number of hydrogen-bond acceptors (Lipinski definition) is 5. The second kappa shape index (κ2) is 35.3. The monoisotopic (exact) mass is 731 g/mol. The lowest BCUT2D eigenvalue weighted by atomic mass is 9.90. The molecule has 0 N–H and O–H groups in total. The van der Waals surface area contributed by atoms with Crippen molar-refractivity contribution in [3.05, 3.63) is 0 Å². The fourth-order valence-corrected chi connectivity index (χ4v) is 8.62. The molecule has 0 aromatic rings. The summed E-state index contributed by atoms with van der Waals surface area (Å²) in [5.74, 6) is 1.60. The maximum Gasteiger partial charge on any atom is 0.305 e. The van der Waals surface area contributed by atoms with Crippen LogP contribution < -0.4 is 0 Å². The van der Waals surface area contributed by atoms with Gasteiger partial charge in [0.25, 0.3) is 0 Å². The van der Waals surface area contributed by atoms with Gasteiger partial charge in [-0.2, -0.15) is 0 Å². The van der Waals surface area contributed by atoms with Gasteiger partial charge in [-0.1, -0.05) is 180 Å². The highest BCUT2D eigenvalue weighted by Gasteiger charge is 2.14. The number of ketones is 1. The summed E-state index contributed by atoms with van der Waals surface area (Å²) in [4.78, 5) is 37.2. The fourth-order valence-electron chi connectivity index (χ4n) is 8.62. The maximum absolute atomic E-state index is 12.4. The Morgan fingerprint density at radius 1 is 0.327 bits per heavy atom. The summed E-state index contributed by atoms with van der Waals surface area (Å²) in [5.41, 5.74) is 0. The van der Waals surface area contributed by atoms with E-state index in [1.165, 1.54) is 180 Å². The van der Waals surface area contributed by atoms with Gasteiger partial charge in [0.05, 0.1) is 13.2 Å². The number of carbonyl (C=O) groups excluding carboxylic acids is 3. The van der Waals surface area contributed by atoms with E-state index in [2.05, 4.69) is 0 Å². The Morgan fingerprint density at radius 2 is 0.596 bits per heavy atom. The first-order chi connectivity index (χ1) is 25.6. The molecule has 0 heterocycles. The minimum absolute atomic E-state index is 0.0371. The van der Waals surface area contributed by atoms with Crippen LogP contribution in [0.15, 0.2) is 0 Å². The largest absolute Gasteiger partial charge is 0.466 e. The lowest BCUT2D eigenvalue weighted by molar-refractivity contribution is -0.145. The van der Waals surface area contributed by atoms with Crippen LogP contribution in [-0.4, -0.2) is 30.9 Å². The van der Waals surface area contributed by atoms with E-state index in [9.17, 15) is 14.4 Å². The standard InChI is InChI=1S/C47H86O5/c48-45(35-27-21-29-41-51-46(49)39-37-43-31-23-17-13-9-5-1-2-6-10-14-18-24-32-43)36-28-22-30-42-52-47(50)40-38-44-33-25-19-15-11-7-3-4-8-12-16-20-26-34-44/h43-44H,1-42H2. The van der Waals surface area contributed by atoms with Crippen LogP contribution in [0, 0.1) is 11.8 Å². The number of ether oxygens (including phenoxy) is 2. The Kier molecular flexibility index (Phi) is 31.8. The zero-order valence-corrected chi connectivity index (χ0v) is 34.4. The summed E-state index contributed by atoms with van der Waals surface area (Å²) in [7, 11) is 0. The molecular formula is C47H86O5. The molecule has 5 nitrogen and oxygen atoms in total. The minimum Gasteiger partial charge on any atom is -0.466 e. The molecule has 0 aliphatic heterocycles. The molecule has 0 bridgehead atoms. The minimum atomic E-state index is -0.0371. The SMILES string of the molecule is O=C(CCCCCOC(=O)CCC1CCCCCCCCCCCCCC1)CCCCCOC(=O)CCC1CCCCCCCCCCCCCC1. The molecule has 0 saturated heterocycles. The second-order valence-corrected chi connectivity index (χ2v) is 17.1. The highest BCUT2D eigenvalue weighted by molar-refractivity contribution is 5.78. The zero-order chi connectivity index (χ0) is 37.0. The van der Waals surface area contributed by atoms with Gasteiger partial charge in [0.2, 0.25) is 0 Å². The third-order valence-electron chi connectivity index (χ3n) is 12.2. The third-order valence-corrected chi connectivity index (χ3v) is 12.2. The van der Waals surface area contributed by atoms with Crippen molar-refractivity contribution in [1.29, 1.82) is 0 Å². The van der Waals surface area contributed by atoms with Crippen molar-refractivity contribution in [1.82, 2.24) is 0 Å². The van der Waals surface area contributed by atoms with Gasteiger partial charge in [-0.15, -0.1) is 0 Å². The number of esters is 2. The van der Waals surface area contributed by atoms with E-state index in [4.69, 9.17) is 9.47 Å². The molecule has 2 fully saturated rings. The Hall–Kier alpha value is -1.39. The highest BCUT2D eigenvalue weighted by atomic mass is 16.5. The van der Waals surface area contributed by atoms with Crippen LogP contribution in [0.2, 0.25) is 0 Å². The summed E-state index contributed by atoms with van der Waals surface area (Å²) < 4.78 is 11.1. The van der Waals surface area contributed by atoms with Crippen molar-refractivity contribution in [2.75, 3.05) is 13.2 Å². The van der Waals surface area contributed by atoms with Gasteiger partial charge in [0, 0.05) is 25.7 Å². The number of unbranched alkanes of at least 4 members (excludes halogenated alkanes) is 4. The van der Waals surface area contributed by atoms with Crippen molar-refractivity contribution >= 4 is 17.7 Å². The van der Waals surface area contributed by atoms with Gasteiger partial charge in [-0.25, -0.2) is 0 Å². The Bertz CT molecular complexity index is 742. The molecule has 2 saturated carbocycles. The molecule has 304 valence electrons. The fraction of sp³-hybridized carbons (Fsp3) is 0.936. The molecule has 0 radical (unpaired) electrons. The molecule has 0 aromatic carbocycles. The third kappa shape index (κ3) is 30.0. The average Bonchev–Trinajstić information content (AvgIpc) is 3.16. The first-order valence-corrected chi connectivity index (χ1v) is 23.5. The van der Waals surface area contributed by atoms with Crippen molar-refractivity contribution in [3.8, 4) is 0 Å². The number of hydrogen-bond donors (Lipinski definition) is 0. The van der Waals surface area contributed by atoms with Crippen molar-refractivity contribution in [2.45, 2.75) is 257 Å². The van der Waals surface area contributed by atoms with E-state index in [0.717, 1.165) is 51.4 Å². The van der Waals surface area contributed by atoms with Crippen molar-refractivity contribution in [2.24, 2.45) is 11.8 Å². The summed E-state index contributed by atoms with van der Waals surface area (Å²) >= 11 is 0. The molecule has 52 heavy (non-hydrogen) atoms. The van der Waals surface area contributed by atoms with Gasteiger partial charge in [-0.05, 0) is 63.2 Å². The first-order valence-electron chi connectivity index (χ1n) is 23.5. The molecule has 2 aliphatic rings.